The molecule has 2 aromatic rings. The Balaban J connectivity index is 1.79. The van der Waals surface area contributed by atoms with Crippen molar-refractivity contribution >= 4 is 11.0 Å². The van der Waals surface area contributed by atoms with E-state index in [0.29, 0.717) is 6.04 Å². The summed E-state index contributed by atoms with van der Waals surface area (Å²) in [4.78, 5) is 4.41. The van der Waals surface area contributed by atoms with Crippen LogP contribution in [-0.2, 0) is 6.54 Å². The summed E-state index contributed by atoms with van der Waals surface area (Å²) < 4.78 is 2.22. The molecule has 1 N–H and O–H groups in total. The Hall–Kier alpha value is -1.35. The van der Waals surface area contributed by atoms with E-state index in [0.717, 1.165) is 24.5 Å². The molecule has 1 unspecified atom stereocenters. The third kappa shape index (κ3) is 4.06. The molecular formula is C16H25N3. The van der Waals surface area contributed by atoms with E-state index in [1.165, 1.54) is 18.4 Å². The number of nitrogens with one attached hydrogen (secondary N) is 1. The van der Waals surface area contributed by atoms with Gasteiger partial charge in [0.2, 0.25) is 0 Å². The molecule has 0 bridgehead atoms. The predicted molar refractivity (Wildman–Crippen MR) is 81.3 cm³/mol. The summed E-state index contributed by atoms with van der Waals surface area (Å²) in [6, 6.07) is 8.89. The van der Waals surface area contributed by atoms with Gasteiger partial charge < -0.3 is 9.88 Å². The number of benzene rings is 1. The highest BCUT2D eigenvalue weighted by Crippen LogP contribution is 2.11. The molecule has 0 saturated carbocycles. The Morgan fingerprint density at radius 1 is 1.16 bits per heavy atom. The molecule has 3 nitrogen and oxygen atoms in total. The average molecular weight is 259 g/mol. The van der Waals surface area contributed by atoms with Crippen LogP contribution in [0.1, 0.15) is 33.6 Å². The van der Waals surface area contributed by atoms with Crippen molar-refractivity contribution in [3.63, 3.8) is 0 Å². The van der Waals surface area contributed by atoms with Gasteiger partial charge >= 0.3 is 0 Å². The molecule has 0 spiro atoms. The van der Waals surface area contributed by atoms with Gasteiger partial charge in [0.05, 0.1) is 17.4 Å². The normalized spacial score (nSPS) is 13.3. The van der Waals surface area contributed by atoms with Gasteiger partial charge in [-0.2, -0.15) is 0 Å². The fourth-order valence-electron chi connectivity index (χ4n) is 2.31. The molecule has 1 atom stereocenters. The van der Waals surface area contributed by atoms with Crippen LogP contribution in [-0.4, -0.2) is 22.1 Å². The Morgan fingerprint density at radius 3 is 2.74 bits per heavy atom. The fourth-order valence-corrected chi connectivity index (χ4v) is 2.31. The fraction of sp³-hybridized carbons (Fsp3) is 0.562. The number of fused-ring (bicyclic) bond motifs is 1. The van der Waals surface area contributed by atoms with Crippen LogP contribution in [0.3, 0.4) is 0 Å². The highest BCUT2D eigenvalue weighted by Gasteiger charge is 2.04. The average Bonchev–Trinajstić information content (AvgIpc) is 2.80. The summed E-state index contributed by atoms with van der Waals surface area (Å²) in [5.41, 5.74) is 2.30. The van der Waals surface area contributed by atoms with E-state index in [2.05, 4.69) is 53.8 Å². The zero-order chi connectivity index (χ0) is 13.7. The SMILES string of the molecule is CC(C)CCC(C)NCCn1cnc2ccccc21. The molecular weight excluding hydrogens is 234 g/mol. The van der Waals surface area contributed by atoms with E-state index in [1.807, 2.05) is 12.4 Å². The zero-order valence-electron chi connectivity index (χ0n) is 12.3. The minimum Gasteiger partial charge on any atom is -0.329 e. The maximum absolute atomic E-state index is 4.41. The Morgan fingerprint density at radius 2 is 1.95 bits per heavy atom. The van der Waals surface area contributed by atoms with Crippen molar-refractivity contribution in [3.05, 3.63) is 30.6 Å². The monoisotopic (exact) mass is 259 g/mol. The van der Waals surface area contributed by atoms with Gasteiger partial charge in [0.1, 0.15) is 0 Å². The van der Waals surface area contributed by atoms with Crippen LogP contribution >= 0.6 is 0 Å². The highest BCUT2D eigenvalue weighted by atomic mass is 15.1. The van der Waals surface area contributed by atoms with E-state index < -0.39 is 0 Å². The third-order valence-corrected chi connectivity index (χ3v) is 3.55. The molecule has 0 fully saturated rings. The Kier molecular flexibility index (Phi) is 4.97. The number of hydrogen-bond donors (Lipinski definition) is 1. The molecule has 104 valence electrons. The summed E-state index contributed by atoms with van der Waals surface area (Å²) >= 11 is 0. The van der Waals surface area contributed by atoms with E-state index in [-0.39, 0.29) is 0 Å². The van der Waals surface area contributed by atoms with Gasteiger partial charge in [-0.05, 0) is 37.8 Å². The molecule has 0 radical (unpaired) electrons. The maximum atomic E-state index is 4.41. The largest absolute Gasteiger partial charge is 0.329 e. The van der Waals surface area contributed by atoms with Crippen LogP contribution in [0.4, 0.5) is 0 Å². The van der Waals surface area contributed by atoms with Crippen LogP contribution < -0.4 is 5.32 Å². The molecule has 1 aromatic heterocycles. The van der Waals surface area contributed by atoms with Crippen LogP contribution in [0.15, 0.2) is 30.6 Å². The van der Waals surface area contributed by atoms with Crippen molar-refractivity contribution in [1.29, 1.82) is 0 Å². The second kappa shape index (κ2) is 6.71. The van der Waals surface area contributed by atoms with Crippen molar-refractivity contribution in [2.24, 2.45) is 5.92 Å². The van der Waals surface area contributed by atoms with Gasteiger partial charge in [-0.15, -0.1) is 0 Å². The first kappa shape index (κ1) is 14.1. The smallest absolute Gasteiger partial charge is 0.0958 e. The van der Waals surface area contributed by atoms with E-state index in [9.17, 15) is 0 Å². The lowest BCUT2D eigenvalue weighted by Crippen LogP contribution is -2.29. The van der Waals surface area contributed by atoms with Crippen molar-refractivity contribution in [1.82, 2.24) is 14.9 Å². The first-order chi connectivity index (χ1) is 9.16. The van der Waals surface area contributed by atoms with Gasteiger partial charge in [-0.3, -0.25) is 0 Å². The topological polar surface area (TPSA) is 29.9 Å². The number of para-hydroxylation sites is 2. The quantitative estimate of drug-likeness (QED) is 0.825. The van der Waals surface area contributed by atoms with Crippen molar-refractivity contribution in [3.8, 4) is 0 Å². The number of rotatable bonds is 7. The number of aromatic nitrogens is 2. The molecule has 3 heteroatoms. The van der Waals surface area contributed by atoms with Gasteiger partial charge in [0, 0.05) is 19.1 Å². The molecule has 19 heavy (non-hydrogen) atoms. The van der Waals surface area contributed by atoms with Crippen LogP contribution in [0.25, 0.3) is 11.0 Å². The first-order valence-electron chi connectivity index (χ1n) is 7.30. The predicted octanol–water partition coefficient (Wildman–Crippen LogP) is 3.45. The van der Waals surface area contributed by atoms with Gasteiger partial charge in [-0.1, -0.05) is 26.0 Å². The number of imidazole rings is 1. The molecule has 0 aliphatic rings. The van der Waals surface area contributed by atoms with E-state index in [1.54, 1.807) is 0 Å². The molecule has 0 saturated heterocycles. The van der Waals surface area contributed by atoms with Gasteiger partial charge in [0.15, 0.2) is 0 Å². The third-order valence-electron chi connectivity index (χ3n) is 3.55. The Labute approximate surface area is 116 Å². The maximum Gasteiger partial charge on any atom is 0.0958 e. The lowest BCUT2D eigenvalue weighted by atomic mass is 10.0. The molecule has 1 aromatic carbocycles. The standard InChI is InChI=1S/C16H25N3/c1-13(2)8-9-14(3)17-10-11-19-12-18-15-6-4-5-7-16(15)19/h4-7,12-14,17H,8-11H2,1-3H3. The number of nitrogens with zero attached hydrogens (tertiary/aromatic N) is 2. The first-order valence-corrected chi connectivity index (χ1v) is 7.30. The summed E-state index contributed by atoms with van der Waals surface area (Å²) in [7, 11) is 0. The minimum atomic E-state index is 0.595. The summed E-state index contributed by atoms with van der Waals surface area (Å²) in [6.45, 7) is 8.81. The lowest BCUT2D eigenvalue weighted by molar-refractivity contribution is 0.442. The second-order valence-electron chi connectivity index (χ2n) is 5.75. The molecule has 1 heterocycles. The minimum absolute atomic E-state index is 0.595. The van der Waals surface area contributed by atoms with Crippen molar-refractivity contribution < 1.29 is 0 Å². The second-order valence-corrected chi connectivity index (χ2v) is 5.75. The van der Waals surface area contributed by atoms with Gasteiger partial charge in [-0.25, -0.2) is 4.98 Å². The molecule has 0 aliphatic heterocycles. The molecule has 0 aliphatic carbocycles. The van der Waals surface area contributed by atoms with Crippen LogP contribution in [0, 0.1) is 5.92 Å². The van der Waals surface area contributed by atoms with Crippen molar-refractivity contribution in [2.75, 3.05) is 6.54 Å². The van der Waals surface area contributed by atoms with Crippen LogP contribution in [0.5, 0.6) is 0 Å². The Bertz CT molecular complexity index is 501. The summed E-state index contributed by atoms with van der Waals surface area (Å²) in [5, 5.41) is 3.59. The van der Waals surface area contributed by atoms with Crippen molar-refractivity contribution in [2.45, 2.75) is 46.2 Å². The summed E-state index contributed by atoms with van der Waals surface area (Å²) in [6.07, 6.45) is 4.48. The van der Waals surface area contributed by atoms with Gasteiger partial charge in [0.25, 0.3) is 0 Å². The van der Waals surface area contributed by atoms with E-state index >= 15 is 0 Å². The van der Waals surface area contributed by atoms with Crippen LogP contribution in [0.2, 0.25) is 0 Å². The number of hydrogen-bond acceptors (Lipinski definition) is 2. The highest BCUT2D eigenvalue weighted by molar-refractivity contribution is 5.74. The molecule has 0 amide bonds. The lowest BCUT2D eigenvalue weighted by Gasteiger charge is -2.15. The van der Waals surface area contributed by atoms with E-state index in [4.69, 9.17) is 0 Å². The summed E-state index contributed by atoms with van der Waals surface area (Å²) in [5.74, 6) is 0.793. The zero-order valence-corrected chi connectivity index (χ0v) is 12.3. The molecule has 2 rings (SSSR count).